The second-order valence-electron chi connectivity index (χ2n) is 7.70. The van der Waals surface area contributed by atoms with Gasteiger partial charge < -0.3 is 0 Å². The van der Waals surface area contributed by atoms with Gasteiger partial charge in [0.15, 0.2) is 0 Å². The van der Waals surface area contributed by atoms with Gasteiger partial charge in [-0.05, 0) is 77.5 Å². The number of fused-ring (bicyclic) bond motifs is 2. The van der Waals surface area contributed by atoms with Gasteiger partial charge in [0.1, 0.15) is 0 Å². The summed E-state index contributed by atoms with van der Waals surface area (Å²) in [5.41, 5.74) is 0. The maximum absolute atomic E-state index is 2.86. The molecule has 0 spiro atoms. The van der Waals surface area contributed by atoms with Gasteiger partial charge in [-0.15, -0.1) is 12.4 Å². The smallest absolute Gasteiger partial charge is 0.0215 e. The van der Waals surface area contributed by atoms with Crippen LogP contribution in [0.3, 0.4) is 0 Å². The Kier molecular flexibility index (Phi) is 6.39. The van der Waals surface area contributed by atoms with Crippen molar-refractivity contribution in [2.45, 2.75) is 86.8 Å². The Hall–Kier alpha value is 0.560. The number of halogens is 1. The standard InChI is InChI=1S/C18H32N2S.ClH/c1-3-11-19(12-4-1)15-7-9-18-16(8-10-17(15)21-18)20-13-5-2-6-14-20;/h15-18H,1-14H2;1H. The first-order valence-electron chi connectivity index (χ1n) is 9.55. The van der Waals surface area contributed by atoms with Crippen LogP contribution in [-0.2, 0) is 0 Å². The quantitative estimate of drug-likeness (QED) is 0.742. The van der Waals surface area contributed by atoms with Gasteiger partial charge in [-0.3, -0.25) is 9.80 Å². The Bertz CT molecular complexity index is 310. The highest BCUT2D eigenvalue weighted by Crippen LogP contribution is 2.45. The second kappa shape index (κ2) is 8.09. The molecule has 0 saturated carbocycles. The fraction of sp³-hybridized carbons (Fsp3) is 1.00. The third-order valence-electron chi connectivity index (χ3n) is 6.42. The highest BCUT2D eigenvalue weighted by Gasteiger charge is 2.43. The highest BCUT2D eigenvalue weighted by molar-refractivity contribution is 8.00. The average Bonchev–Trinajstić information content (AvgIpc) is 2.57. The van der Waals surface area contributed by atoms with Crippen molar-refractivity contribution in [2.24, 2.45) is 0 Å². The lowest BCUT2D eigenvalue weighted by Gasteiger charge is -2.51. The molecule has 0 aromatic heterocycles. The molecule has 4 fully saturated rings. The molecule has 22 heavy (non-hydrogen) atoms. The Morgan fingerprint density at radius 1 is 0.545 bits per heavy atom. The zero-order valence-corrected chi connectivity index (χ0v) is 15.6. The first kappa shape index (κ1) is 17.4. The van der Waals surface area contributed by atoms with Gasteiger partial charge >= 0.3 is 0 Å². The number of nitrogens with zero attached hydrogens (tertiary/aromatic N) is 2. The summed E-state index contributed by atoms with van der Waals surface area (Å²) in [6.07, 6.45) is 14.7. The van der Waals surface area contributed by atoms with Gasteiger partial charge in [-0.25, -0.2) is 0 Å². The van der Waals surface area contributed by atoms with Gasteiger partial charge in [0.05, 0.1) is 0 Å². The molecule has 4 atom stereocenters. The second-order valence-corrected chi connectivity index (χ2v) is 9.18. The van der Waals surface area contributed by atoms with Gasteiger partial charge in [0, 0.05) is 22.6 Å². The third-order valence-corrected chi connectivity index (χ3v) is 8.22. The third kappa shape index (κ3) is 3.63. The number of hydrogen-bond donors (Lipinski definition) is 0. The molecule has 4 saturated heterocycles. The summed E-state index contributed by atoms with van der Waals surface area (Å²) in [7, 11) is 0. The van der Waals surface area contributed by atoms with E-state index in [1.54, 1.807) is 0 Å². The first-order valence-corrected chi connectivity index (χ1v) is 10.5. The maximum atomic E-state index is 2.86. The van der Waals surface area contributed by atoms with Gasteiger partial charge in [-0.1, -0.05) is 12.8 Å². The molecule has 4 heteroatoms. The summed E-state index contributed by atoms with van der Waals surface area (Å²) in [6.45, 7) is 5.56. The molecule has 4 rings (SSSR count). The predicted octanol–water partition coefficient (Wildman–Crippen LogP) is 4.18. The Balaban J connectivity index is 0.00000144. The normalized spacial score (nSPS) is 40.9. The van der Waals surface area contributed by atoms with Crippen LogP contribution in [0.2, 0.25) is 0 Å². The van der Waals surface area contributed by atoms with E-state index in [0.29, 0.717) is 0 Å². The van der Waals surface area contributed by atoms with Crippen LogP contribution in [0.1, 0.15) is 64.2 Å². The van der Waals surface area contributed by atoms with Crippen molar-refractivity contribution in [3.05, 3.63) is 0 Å². The molecule has 2 nitrogen and oxygen atoms in total. The fourth-order valence-electron chi connectivity index (χ4n) is 5.30. The molecule has 0 aromatic rings. The molecular weight excluding hydrogens is 312 g/mol. The van der Waals surface area contributed by atoms with E-state index in [1.807, 2.05) is 0 Å². The van der Waals surface area contributed by atoms with Crippen LogP contribution in [0.4, 0.5) is 0 Å². The largest absolute Gasteiger partial charge is 0.299 e. The van der Waals surface area contributed by atoms with Crippen molar-refractivity contribution in [1.29, 1.82) is 0 Å². The minimum absolute atomic E-state index is 0. The average molecular weight is 345 g/mol. The Morgan fingerprint density at radius 3 is 1.36 bits per heavy atom. The minimum atomic E-state index is 0. The van der Waals surface area contributed by atoms with Crippen LogP contribution >= 0.6 is 24.2 Å². The molecule has 4 unspecified atom stereocenters. The van der Waals surface area contributed by atoms with E-state index in [4.69, 9.17) is 0 Å². The molecule has 128 valence electrons. The predicted molar refractivity (Wildman–Crippen MR) is 99.3 cm³/mol. The van der Waals surface area contributed by atoms with Crippen LogP contribution in [0.25, 0.3) is 0 Å². The number of rotatable bonds is 2. The molecule has 0 radical (unpaired) electrons. The van der Waals surface area contributed by atoms with Crippen LogP contribution in [0.5, 0.6) is 0 Å². The molecule has 0 aliphatic carbocycles. The van der Waals surface area contributed by atoms with Gasteiger partial charge in [0.2, 0.25) is 0 Å². The molecule has 2 bridgehead atoms. The fourth-order valence-corrected chi connectivity index (χ4v) is 7.28. The van der Waals surface area contributed by atoms with Crippen molar-refractivity contribution in [3.63, 3.8) is 0 Å². The number of thioether (sulfide) groups is 1. The number of hydrogen-bond acceptors (Lipinski definition) is 3. The monoisotopic (exact) mass is 344 g/mol. The molecule has 0 amide bonds. The van der Waals surface area contributed by atoms with E-state index < -0.39 is 0 Å². The number of piperidine rings is 2. The summed E-state index contributed by atoms with van der Waals surface area (Å²) in [4.78, 5) is 5.72. The maximum Gasteiger partial charge on any atom is 0.0215 e. The zero-order valence-electron chi connectivity index (χ0n) is 13.9. The minimum Gasteiger partial charge on any atom is -0.299 e. The van der Waals surface area contributed by atoms with E-state index in [0.717, 1.165) is 22.6 Å². The summed E-state index contributed by atoms with van der Waals surface area (Å²) in [5.74, 6) is 0. The van der Waals surface area contributed by atoms with E-state index >= 15 is 0 Å². The van der Waals surface area contributed by atoms with Crippen molar-refractivity contribution in [1.82, 2.24) is 9.80 Å². The lowest BCUT2D eigenvalue weighted by atomic mass is 9.88. The summed E-state index contributed by atoms with van der Waals surface area (Å²) >= 11 is 2.39. The van der Waals surface area contributed by atoms with E-state index in [1.165, 1.54) is 90.4 Å². The lowest BCUT2D eigenvalue weighted by Crippen LogP contribution is -2.55. The first-order chi connectivity index (χ1) is 10.4. The molecule has 0 aromatic carbocycles. The van der Waals surface area contributed by atoms with Crippen LogP contribution in [-0.4, -0.2) is 58.6 Å². The van der Waals surface area contributed by atoms with Crippen molar-refractivity contribution >= 4 is 24.2 Å². The summed E-state index contributed by atoms with van der Waals surface area (Å²) < 4.78 is 0. The van der Waals surface area contributed by atoms with E-state index in [-0.39, 0.29) is 12.4 Å². The molecular formula is C18H33ClN2S. The Labute approximate surface area is 147 Å². The van der Waals surface area contributed by atoms with Crippen molar-refractivity contribution < 1.29 is 0 Å². The molecule has 4 aliphatic rings. The van der Waals surface area contributed by atoms with Crippen LogP contribution < -0.4 is 0 Å². The van der Waals surface area contributed by atoms with Gasteiger partial charge in [0.25, 0.3) is 0 Å². The van der Waals surface area contributed by atoms with E-state index in [9.17, 15) is 0 Å². The van der Waals surface area contributed by atoms with Crippen LogP contribution in [0.15, 0.2) is 0 Å². The molecule has 4 heterocycles. The highest BCUT2D eigenvalue weighted by atomic mass is 35.5. The zero-order chi connectivity index (χ0) is 14.1. The lowest BCUT2D eigenvalue weighted by molar-refractivity contribution is 0.102. The van der Waals surface area contributed by atoms with Crippen molar-refractivity contribution in [2.75, 3.05) is 26.2 Å². The summed E-state index contributed by atoms with van der Waals surface area (Å²) in [6, 6.07) is 1.85. The van der Waals surface area contributed by atoms with Crippen LogP contribution in [0, 0.1) is 0 Å². The summed E-state index contributed by atoms with van der Waals surface area (Å²) in [5, 5.41) is 1.92. The number of likely N-dealkylation sites (tertiary alicyclic amines) is 2. The molecule has 0 N–H and O–H groups in total. The van der Waals surface area contributed by atoms with Crippen molar-refractivity contribution in [3.8, 4) is 0 Å². The molecule has 4 aliphatic heterocycles. The van der Waals surface area contributed by atoms with E-state index in [2.05, 4.69) is 21.6 Å². The topological polar surface area (TPSA) is 6.48 Å². The Morgan fingerprint density at radius 2 is 0.955 bits per heavy atom. The SMILES string of the molecule is C1CCN(C2CCC3SC2CCC3N2CCCCC2)CC1.Cl. The van der Waals surface area contributed by atoms with Gasteiger partial charge in [-0.2, -0.15) is 11.8 Å².